The Morgan fingerprint density at radius 3 is 2.32 bits per heavy atom. The lowest BCUT2D eigenvalue weighted by atomic mass is 10.2. The highest BCUT2D eigenvalue weighted by atomic mass is 79.9. The lowest BCUT2D eigenvalue weighted by Crippen LogP contribution is -2.41. The monoisotopic (exact) mass is 364 g/mol. The van der Waals surface area contributed by atoms with E-state index in [1.807, 2.05) is 0 Å². The van der Waals surface area contributed by atoms with Crippen molar-refractivity contribution in [2.45, 2.75) is 0 Å². The predicted molar refractivity (Wildman–Crippen MR) is 83.7 cm³/mol. The number of hydrogen-bond acceptors (Lipinski definition) is 4. The summed E-state index contributed by atoms with van der Waals surface area (Å²) in [5.41, 5.74) is 4.93. The molecule has 2 rings (SSSR count). The van der Waals surface area contributed by atoms with Crippen LogP contribution in [0.4, 0.5) is 0 Å². The number of carbonyl (C=O) groups is 2. The van der Waals surface area contributed by atoms with E-state index in [1.165, 1.54) is 19.2 Å². The Kier molecular flexibility index (Phi) is 5.00. The van der Waals surface area contributed by atoms with Gasteiger partial charge in [0, 0.05) is 10.0 Å². The van der Waals surface area contributed by atoms with Gasteiger partial charge in [0.2, 0.25) is 0 Å². The highest BCUT2D eigenvalue weighted by Crippen LogP contribution is 2.21. The van der Waals surface area contributed by atoms with Crippen molar-refractivity contribution in [3.05, 3.63) is 58.1 Å². The minimum absolute atomic E-state index is 0.0457. The molecule has 0 radical (unpaired) electrons. The number of halogens is 1. The number of hydrazine groups is 1. The largest absolute Gasteiger partial charge is 0.507 e. The van der Waals surface area contributed by atoms with E-state index in [0.717, 1.165) is 0 Å². The summed E-state index contributed by atoms with van der Waals surface area (Å²) in [5.74, 6) is -0.662. The van der Waals surface area contributed by atoms with Gasteiger partial charge in [0.1, 0.15) is 11.5 Å². The molecule has 6 nitrogen and oxygen atoms in total. The number of hydrogen-bond donors (Lipinski definition) is 3. The van der Waals surface area contributed by atoms with Crippen LogP contribution < -0.4 is 15.6 Å². The summed E-state index contributed by atoms with van der Waals surface area (Å²) < 4.78 is 5.63. The molecule has 0 aliphatic carbocycles. The maximum Gasteiger partial charge on any atom is 0.273 e. The van der Waals surface area contributed by atoms with Gasteiger partial charge in [-0.1, -0.05) is 15.9 Å². The molecule has 2 amide bonds. The van der Waals surface area contributed by atoms with E-state index in [0.29, 0.717) is 15.8 Å². The van der Waals surface area contributed by atoms with E-state index in [9.17, 15) is 14.7 Å². The van der Waals surface area contributed by atoms with Gasteiger partial charge >= 0.3 is 0 Å². The van der Waals surface area contributed by atoms with Gasteiger partial charge < -0.3 is 9.84 Å². The molecule has 0 spiro atoms. The molecule has 0 saturated carbocycles. The van der Waals surface area contributed by atoms with Crippen LogP contribution in [0.1, 0.15) is 20.7 Å². The van der Waals surface area contributed by atoms with E-state index in [-0.39, 0.29) is 11.3 Å². The Hall–Kier alpha value is -2.54. The fraction of sp³-hybridized carbons (Fsp3) is 0.0667. The first kappa shape index (κ1) is 15.8. The van der Waals surface area contributed by atoms with E-state index in [1.54, 1.807) is 30.3 Å². The molecule has 0 saturated heterocycles. The molecule has 0 heterocycles. The molecule has 0 unspecified atom stereocenters. The Morgan fingerprint density at radius 2 is 1.68 bits per heavy atom. The molecule has 0 fully saturated rings. The molecule has 0 aliphatic rings. The lowest BCUT2D eigenvalue weighted by Gasteiger charge is -2.09. The third-order valence-electron chi connectivity index (χ3n) is 2.84. The number of nitrogens with one attached hydrogen (secondary N) is 2. The zero-order valence-electron chi connectivity index (χ0n) is 11.6. The first-order valence-electron chi connectivity index (χ1n) is 6.24. The summed E-state index contributed by atoms with van der Waals surface area (Å²) in [5, 5.41) is 9.64. The maximum absolute atomic E-state index is 11.9. The topological polar surface area (TPSA) is 87.7 Å². The molecule has 114 valence electrons. The van der Waals surface area contributed by atoms with Crippen LogP contribution in [0.25, 0.3) is 0 Å². The van der Waals surface area contributed by atoms with Gasteiger partial charge in [0.25, 0.3) is 11.8 Å². The van der Waals surface area contributed by atoms with Crippen molar-refractivity contribution in [3.8, 4) is 11.5 Å². The third kappa shape index (κ3) is 3.76. The van der Waals surface area contributed by atoms with E-state index < -0.39 is 11.8 Å². The molecule has 0 aliphatic heterocycles. The second-order valence-electron chi connectivity index (χ2n) is 4.30. The van der Waals surface area contributed by atoms with Gasteiger partial charge in [-0.25, -0.2) is 0 Å². The molecular formula is C15H13BrN2O4. The molecule has 2 aromatic rings. The van der Waals surface area contributed by atoms with Crippen LogP contribution in [0, 0.1) is 0 Å². The molecule has 22 heavy (non-hydrogen) atoms. The molecule has 0 aromatic heterocycles. The standard InChI is InChI=1S/C15H13BrN2O4/c1-22-11-5-2-9(3-6-11)14(20)17-18-15(21)12-8-10(16)4-7-13(12)19/h2-8,19H,1H3,(H,17,20)(H,18,21). The predicted octanol–water partition coefficient (Wildman–Crippen LogP) is 2.24. The van der Waals surface area contributed by atoms with Crippen molar-refractivity contribution in [1.82, 2.24) is 10.9 Å². The van der Waals surface area contributed by atoms with Gasteiger partial charge in [-0.15, -0.1) is 0 Å². The summed E-state index contributed by atoms with van der Waals surface area (Å²) in [4.78, 5) is 23.8. The highest BCUT2D eigenvalue weighted by molar-refractivity contribution is 9.10. The summed E-state index contributed by atoms with van der Waals surface area (Å²) in [6, 6.07) is 10.8. The minimum atomic E-state index is -0.624. The SMILES string of the molecule is COc1ccc(C(=O)NNC(=O)c2cc(Br)ccc2O)cc1. The van der Waals surface area contributed by atoms with Gasteiger partial charge in [-0.2, -0.15) is 0 Å². The summed E-state index contributed by atoms with van der Waals surface area (Å²) in [7, 11) is 1.53. The fourth-order valence-corrected chi connectivity index (χ4v) is 2.05. The Bertz CT molecular complexity index is 701. The molecule has 0 atom stereocenters. The molecule has 0 bridgehead atoms. The number of phenolic OH excluding ortho intramolecular Hbond substituents is 1. The van der Waals surface area contributed by atoms with Crippen LogP contribution in [0.2, 0.25) is 0 Å². The quantitative estimate of drug-likeness (QED) is 0.728. The van der Waals surface area contributed by atoms with Crippen LogP contribution in [-0.2, 0) is 0 Å². The number of benzene rings is 2. The molecule has 7 heteroatoms. The number of ether oxygens (including phenoxy) is 1. The minimum Gasteiger partial charge on any atom is -0.507 e. The molecule has 3 N–H and O–H groups in total. The van der Waals surface area contributed by atoms with Crippen LogP contribution in [0.3, 0.4) is 0 Å². The summed E-state index contributed by atoms with van der Waals surface area (Å²) in [6.45, 7) is 0. The molecular weight excluding hydrogens is 352 g/mol. The fourth-order valence-electron chi connectivity index (χ4n) is 1.69. The summed E-state index contributed by atoms with van der Waals surface area (Å²) in [6.07, 6.45) is 0. The van der Waals surface area contributed by atoms with Crippen molar-refractivity contribution in [1.29, 1.82) is 0 Å². The van der Waals surface area contributed by atoms with Crippen molar-refractivity contribution in [3.63, 3.8) is 0 Å². The van der Waals surface area contributed by atoms with Gasteiger partial charge in [-0.3, -0.25) is 20.4 Å². The summed E-state index contributed by atoms with van der Waals surface area (Å²) >= 11 is 3.20. The second-order valence-corrected chi connectivity index (χ2v) is 5.21. The van der Waals surface area contributed by atoms with Gasteiger partial charge in [0.05, 0.1) is 12.7 Å². The van der Waals surface area contributed by atoms with Crippen molar-refractivity contribution < 1.29 is 19.4 Å². The first-order chi connectivity index (χ1) is 10.5. The van der Waals surface area contributed by atoms with E-state index >= 15 is 0 Å². The zero-order chi connectivity index (χ0) is 16.1. The average Bonchev–Trinajstić information content (AvgIpc) is 2.54. The van der Waals surface area contributed by atoms with Crippen molar-refractivity contribution >= 4 is 27.7 Å². The van der Waals surface area contributed by atoms with Gasteiger partial charge in [0.15, 0.2) is 0 Å². The Labute approximate surface area is 135 Å². The first-order valence-corrected chi connectivity index (χ1v) is 7.04. The Balaban J connectivity index is 2.00. The Morgan fingerprint density at radius 1 is 1.05 bits per heavy atom. The highest BCUT2D eigenvalue weighted by Gasteiger charge is 2.13. The van der Waals surface area contributed by atoms with Crippen LogP contribution >= 0.6 is 15.9 Å². The van der Waals surface area contributed by atoms with Crippen molar-refractivity contribution in [2.24, 2.45) is 0 Å². The van der Waals surface area contributed by atoms with Gasteiger partial charge in [-0.05, 0) is 42.5 Å². The smallest absolute Gasteiger partial charge is 0.273 e. The van der Waals surface area contributed by atoms with Crippen LogP contribution in [0.5, 0.6) is 11.5 Å². The third-order valence-corrected chi connectivity index (χ3v) is 3.34. The number of rotatable bonds is 3. The maximum atomic E-state index is 11.9. The van der Waals surface area contributed by atoms with Crippen LogP contribution in [-0.4, -0.2) is 24.0 Å². The average molecular weight is 365 g/mol. The number of aromatic hydroxyl groups is 1. The molecule has 2 aromatic carbocycles. The number of amides is 2. The number of carbonyl (C=O) groups excluding carboxylic acids is 2. The van der Waals surface area contributed by atoms with Crippen LogP contribution in [0.15, 0.2) is 46.9 Å². The lowest BCUT2D eigenvalue weighted by molar-refractivity contribution is 0.0845. The second kappa shape index (κ2) is 6.95. The van der Waals surface area contributed by atoms with E-state index in [2.05, 4.69) is 26.8 Å². The zero-order valence-corrected chi connectivity index (χ0v) is 13.2. The van der Waals surface area contributed by atoms with E-state index in [4.69, 9.17) is 4.74 Å². The number of methoxy groups -OCH3 is 1. The normalized spacial score (nSPS) is 9.91. The number of phenols is 1. The van der Waals surface area contributed by atoms with Crippen molar-refractivity contribution in [2.75, 3.05) is 7.11 Å².